The molecule has 0 bridgehead atoms. The van der Waals surface area contributed by atoms with Crippen LogP contribution in [-0.4, -0.2) is 12.7 Å². The van der Waals surface area contributed by atoms with E-state index in [1.165, 1.54) is 6.07 Å². The van der Waals surface area contributed by atoms with E-state index in [2.05, 4.69) is 13.8 Å². The van der Waals surface area contributed by atoms with Crippen molar-refractivity contribution in [2.75, 3.05) is 7.11 Å². The Labute approximate surface area is 119 Å². The molecular formula is C16H23F2NO. The van der Waals surface area contributed by atoms with E-state index in [4.69, 9.17) is 10.5 Å². The highest BCUT2D eigenvalue weighted by Gasteiger charge is 2.43. The highest BCUT2D eigenvalue weighted by atomic mass is 19.2. The van der Waals surface area contributed by atoms with Gasteiger partial charge in [-0.05, 0) is 48.8 Å². The molecule has 2 rings (SSSR count). The Morgan fingerprint density at radius 2 is 1.70 bits per heavy atom. The smallest absolute Gasteiger partial charge is 0.159 e. The molecule has 1 aliphatic rings. The minimum atomic E-state index is -0.861. The van der Waals surface area contributed by atoms with Crippen LogP contribution in [0.4, 0.5) is 8.78 Å². The quantitative estimate of drug-likeness (QED) is 0.911. The molecule has 0 heterocycles. The lowest BCUT2D eigenvalue weighted by Crippen LogP contribution is -2.47. The maximum atomic E-state index is 13.4. The average molecular weight is 283 g/mol. The normalized spacial score (nSPS) is 22.5. The predicted molar refractivity (Wildman–Crippen MR) is 75.3 cm³/mol. The summed E-state index contributed by atoms with van der Waals surface area (Å²) >= 11 is 0. The topological polar surface area (TPSA) is 35.2 Å². The molecule has 1 saturated carbocycles. The van der Waals surface area contributed by atoms with Crippen LogP contribution in [0.5, 0.6) is 0 Å². The Hall–Kier alpha value is -1.00. The van der Waals surface area contributed by atoms with Crippen molar-refractivity contribution < 1.29 is 13.5 Å². The van der Waals surface area contributed by atoms with Crippen molar-refractivity contribution in [1.29, 1.82) is 0 Å². The number of benzene rings is 1. The fraction of sp³-hybridized carbons (Fsp3) is 0.625. The maximum absolute atomic E-state index is 13.4. The van der Waals surface area contributed by atoms with E-state index in [9.17, 15) is 8.78 Å². The van der Waals surface area contributed by atoms with Crippen molar-refractivity contribution in [2.24, 2.45) is 11.1 Å². The molecule has 1 unspecified atom stereocenters. The van der Waals surface area contributed by atoms with Gasteiger partial charge in [0.1, 0.15) is 0 Å². The molecule has 1 aromatic rings. The molecule has 1 atom stereocenters. The number of nitrogens with two attached hydrogens (primary N) is 1. The SMILES string of the molecule is COC1(C(N)c2ccc(F)c(F)c2)CCC(C)(C)CC1. The molecule has 2 N–H and O–H groups in total. The molecule has 4 heteroatoms. The summed E-state index contributed by atoms with van der Waals surface area (Å²) < 4.78 is 32.1. The molecule has 0 aromatic heterocycles. The molecule has 0 amide bonds. The highest BCUT2D eigenvalue weighted by molar-refractivity contribution is 5.24. The predicted octanol–water partition coefficient (Wildman–Crippen LogP) is 3.95. The third kappa shape index (κ3) is 2.86. The lowest BCUT2D eigenvalue weighted by molar-refractivity contribution is -0.0794. The van der Waals surface area contributed by atoms with Crippen molar-refractivity contribution in [2.45, 2.75) is 51.2 Å². The average Bonchev–Trinajstić information content (AvgIpc) is 2.42. The van der Waals surface area contributed by atoms with Crippen molar-refractivity contribution in [3.8, 4) is 0 Å². The van der Waals surface area contributed by atoms with E-state index in [0.717, 1.165) is 31.7 Å². The largest absolute Gasteiger partial charge is 0.376 e. The van der Waals surface area contributed by atoms with Crippen LogP contribution in [0.3, 0.4) is 0 Å². The summed E-state index contributed by atoms with van der Waals surface area (Å²) in [5, 5.41) is 0. The second-order valence-corrected chi connectivity index (χ2v) is 6.58. The van der Waals surface area contributed by atoms with E-state index >= 15 is 0 Å². The molecule has 0 radical (unpaired) electrons. The minimum absolute atomic E-state index is 0.287. The molecule has 1 aliphatic carbocycles. The van der Waals surface area contributed by atoms with Gasteiger partial charge in [-0.25, -0.2) is 8.78 Å². The molecule has 2 nitrogen and oxygen atoms in total. The first kappa shape index (κ1) is 15.4. The number of methoxy groups -OCH3 is 1. The number of halogens is 2. The van der Waals surface area contributed by atoms with E-state index in [0.29, 0.717) is 5.56 Å². The standard InChI is InChI=1S/C16H23F2NO/c1-15(2)6-8-16(20-3,9-7-15)14(19)11-4-5-12(17)13(18)10-11/h4-5,10,14H,6-9,19H2,1-3H3. The van der Waals surface area contributed by atoms with Gasteiger partial charge in [0.25, 0.3) is 0 Å². The molecule has 112 valence electrons. The van der Waals surface area contributed by atoms with Crippen molar-refractivity contribution in [3.05, 3.63) is 35.4 Å². The lowest BCUT2D eigenvalue weighted by atomic mass is 9.67. The van der Waals surface area contributed by atoms with Gasteiger partial charge in [0.05, 0.1) is 11.6 Å². The summed E-state index contributed by atoms with van der Waals surface area (Å²) in [6, 6.07) is 3.41. The van der Waals surface area contributed by atoms with Gasteiger partial charge in [-0.2, -0.15) is 0 Å². The van der Waals surface area contributed by atoms with Gasteiger partial charge >= 0.3 is 0 Å². The van der Waals surface area contributed by atoms with Gasteiger partial charge < -0.3 is 10.5 Å². The Bertz CT molecular complexity index is 477. The molecule has 0 saturated heterocycles. The fourth-order valence-electron chi connectivity index (χ4n) is 3.00. The Balaban J connectivity index is 2.25. The summed E-state index contributed by atoms with van der Waals surface area (Å²) in [4.78, 5) is 0. The van der Waals surface area contributed by atoms with Gasteiger partial charge in [0.15, 0.2) is 11.6 Å². The molecule has 1 aromatic carbocycles. The van der Waals surface area contributed by atoms with Crippen molar-refractivity contribution in [1.82, 2.24) is 0 Å². The monoisotopic (exact) mass is 283 g/mol. The van der Waals surface area contributed by atoms with Crippen molar-refractivity contribution >= 4 is 0 Å². The van der Waals surface area contributed by atoms with Gasteiger partial charge in [-0.1, -0.05) is 19.9 Å². The first-order chi connectivity index (χ1) is 9.30. The van der Waals surface area contributed by atoms with Crippen molar-refractivity contribution in [3.63, 3.8) is 0 Å². The number of rotatable bonds is 3. The summed E-state index contributed by atoms with van der Waals surface area (Å²) in [5.41, 5.74) is 6.70. The van der Waals surface area contributed by atoms with Crippen LogP contribution < -0.4 is 5.73 Å². The van der Waals surface area contributed by atoms with Crippen LogP contribution in [0.25, 0.3) is 0 Å². The summed E-state index contributed by atoms with van der Waals surface area (Å²) in [6.45, 7) is 4.46. The number of hydrogen-bond donors (Lipinski definition) is 1. The van der Waals surface area contributed by atoms with Crippen LogP contribution in [0.1, 0.15) is 51.1 Å². The molecule has 20 heavy (non-hydrogen) atoms. The lowest BCUT2D eigenvalue weighted by Gasteiger charge is -2.46. The Morgan fingerprint density at radius 3 is 2.20 bits per heavy atom. The van der Waals surface area contributed by atoms with E-state index in [1.807, 2.05) is 0 Å². The second-order valence-electron chi connectivity index (χ2n) is 6.58. The van der Waals surface area contributed by atoms with Crippen LogP contribution in [0.2, 0.25) is 0 Å². The third-order valence-corrected chi connectivity index (χ3v) is 4.73. The van der Waals surface area contributed by atoms with Gasteiger partial charge in [0.2, 0.25) is 0 Å². The van der Waals surface area contributed by atoms with E-state index in [-0.39, 0.29) is 5.41 Å². The first-order valence-electron chi connectivity index (χ1n) is 7.05. The highest BCUT2D eigenvalue weighted by Crippen LogP contribution is 2.46. The number of hydrogen-bond acceptors (Lipinski definition) is 2. The molecule has 1 fully saturated rings. The third-order valence-electron chi connectivity index (χ3n) is 4.73. The van der Waals surface area contributed by atoms with Crippen LogP contribution in [0.15, 0.2) is 18.2 Å². The van der Waals surface area contributed by atoms with Crippen LogP contribution >= 0.6 is 0 Å². The van der Waals surface area contributed by atoms with E-state index in [1.54, 1.807) is 13.2 Å². The Kier molecular flexibility index (Phi) is 4.17. The van der Waals surface area contributed by atoms with E-state index < -0.39 is 23.3 Å². The zero-order valence-electron chi connectivity index (χ0n) is 12.4. The summed E-state index contributed by atoms with van der Waals surface area (Å²) in [5.74, 6) is -1.71. The molecule has 0 aliphatic heterocycles. The first-order valence-corrected chi connectivity index (χ1v) is 7.05. The van der Waals surface area contributed by atoms with Gasteiger partial charge in [-0.3, -0.25) is 0 Å². The Morgan fingerprint density at radius 1 is 1.10 bits per heavy atom. The van der Waals surface area contributed by atoms with Crippen LogP contribution in [-0.2, 0) is 4.74 Å². The summed E-state index contributed by atoms with van der Waals surface area (Å²) in [6.07, 6.45) is 3.68. The molecular weight excluding hydrogens is 260 g/mol. The van der Waals surface area contributed by atoms with Gasteiger partial charge in [-0.15, -0.1) is 0 Å². The zero-order chi connectivity index (χ0) is 15.0. The van der Waals surface area contributed by atoms with Gasteiger partial charge in [0, 0.05) is 7.11 Å². The minimum Gasteiger partial charge on any atom is -0.376 e. The zero-order valence-corrected chi connectivity index (χ0v) is 12.4. The summed E-state index contributed by atoms with van der Waals surface area (Å²) in [7, 11) is 1.65. The number of ether oxygens (including phenoxy) is 1. The molecule has 0 spiro atoms. The maximum Gasteiger partial charge on any atom is 0.159 e. The van der Waals surface area contributed by atoms with Crippen LogP contribution in [0, 0.1) is 17.0 Å². The second kappa shape index (κ2) is 5.41. The fourth-order valence-corrected chi connectivity index (χ4v) is 3.00.